The van der Waals surface area contributed by atoms with Gasteiger partial charge in [0.1, 0.15) is 0 Å². The van der Waals surface area contributed by atoms with Gasteiger partial charge in [0.05, 0.1) is 11.7 Å². The Morgan fingerprint density at radius 3 is 2.00 bits per heavy atom. The molecule has 1 aromatic heterocycles. The second-order valence-electron chi connectivity index (χ2n) is 7.44. The average Bonchev–Trinajstić information content (AvgIpc) is 2.43. The molecule has 1 aromatic rings. The van der Waals surface area contributed by atoms with Crippen molar-refractivity contribution in [2.75, 3.05) is 0 Å². The van der Waals surface area contributed by atoms with E-state index in [1.54, 1.807) is 0 Å². The first-order chi connectivity index (χ1) is 7.53. The molecule has 0 aromatic carbocycles. The molecule has 0 N–H and O–H groups in total. The van der Waals surface area contributed by atoms with Crippen molar-refractivity contribution in [2.45, 2.75) is 72.8 Å². The summed E-state index contributed by atoms with van der Waals surface area (Å²) in [6, 6.07) is 0. The fraction of sp³-hybridized carbons (Fsp3) is 0.800. The molecule has 0 saturated heterocycles. The Bertz CT molecular complexity index is 341. The Kier molecular flexibility index (Phi) is 3.75. The summed E-state index contributed by atoms with van der Waals surface area (Å²) < 4.78 is 2.20. The maximum Gasteiger partial charge on any atom is 0.0546 e. The highest BCUT2D eigenvalue weighted by Gasteiger charge is 2.26. The summed E-state index contributed by atoms with van der Waals surface area (Å²) in [7, 11) is 0. The maximum atomic E-state index is 4.62. The highest BCUT2D eigenvalue weighted by Crippen LogP contribution is 2.30. The first kappa shape index (κ1) is 14.3. The Hall–Kier alpha value is -0.790. The lowest BCUT2D eigenvalue weighted by Gasteiger charge is -2.26. The molecular formula is C15H28N2. The lowest BCUT2D eigenvalue weighted by Crippen LogP contribution is -2.27. The smallest absolute Gasteiger partial charge is 0.0546 e. The quantitative estimate of drug-likeness (QED) is 0.755. The van der Waals surface area contributed by atoms with Crippen molar-refractivity contribution in [3.63, 3.8) is 0 Å². The van der Waals surface area contributed by atoms with Crippen molar-refractivity contribution in [1.29, 1.82) is 0 Å². The summed E-state index contributed by atoms with van der Waals surface area (Å²) in [5.41, 5.74) is 3.03. The van der Waals surface area contributed by atoms with Crippen LogP contribution in [0.25, 0.3) is 0 Å². The Labute approximate surface area is 106 Å². The zero-order valence-corrected chi connectivity index (χ0v) is 12.8. The third kappa shape index (κ3) is 3.34. The minimum Gasteiger partial charge on any atom is -0.264 e. The monoisotopic (exact) mass is 236 g/mol. The van der Waals surface area contributed by atoms with Gasteiger partial charge in [-0.15, -0.1) is 0 Å². The predicted octanol–water partition coefficient (Wildman–Crippen LogP) is 4.13. The summed E-state index contributed by atoms with van der Waals surface area (Å²) in [6.07, 6.45) is 3.16. The predicted molar refractivity (Wildman–Crippen MR) is 74.5 cm³/mol. The first-order valence-electron chi connectivity index (χ1n) is 6.61. The van der Waals surface area contributed by atoms with E-state index in [2.05, 4.69) is 71.4 Å². The molecule has 0 aliphatic rings. The van der Waals surface area contributed by atoms with E-state index in [-0.39, 0.29) is 11.0 Å². The number of aromatic nitrogens is 2. The molecule has 0 aliphatic carbocycles. The van der Waals surface area contributed by atoms with Crippen LogP contribution in [0.4, 0.5) is 0 Å². The Morgan fingerprint density at radius 1 is 1.12 bits per heavy atom. The van der Waals surface area contributed by atoms with Gasteiger partial charge in [0, 0.05) is 5.69 Å². The van der Waals surface area contributed by atoms with Crippen LogP contribution in [-0.2, 0) is 17.4 Å². The van der Waals surface area contributed by atoms with E-state index in [1.807, 2.05) is 0 Å². The van der Waals surface area contributed by atoms with Gasteiger partial charge in [-0.1, -0.05) is 34.6 Å². The molecule has 0 atom stereocenters. The molecule has 0 fully saturated rings. The van der Waals surface area contributed by atoms with Gasteiger partial charge < -0.3 is 0 Å². The van der Waals surface area contributed by atoms with E-state index in [1.165, 1.54) is 11.3 Å². The molecule has 2 heteroatoms. The highest BCUT2D eigenvalue weighted by atomic mass is 15.3. The zero-order valence-electron chi connectivity index (χ0n) is 12.8. The van der Waals surface area contributed by atoms with Gasteiger partial charge in [0.15, 0.2) is 0 Å². The molecule has 1 rings (SSSR count). The summed E-state index contributed by atoms with van der Waals surface area (Å²) in [5.74, 6) is 0.661. The lowest BCUT2D eigenvalue weighted by molar-refractivity contribution is 0.336. The topological polar surface area (TPSA) is 17.8 Å². The third-order valence-corrected chi connectivity index (χ3v) is 2.91. The molecule has 0 radical (unpaired) electrons. The molecule has 0 amide bonds. The Morgan fingerprint density at radius 2 is 1.65 bits per heavy atom. The van der Waals surface area contributed by atoms with Gasteiger partial charge in [0.2, 0.25) is 0 Å². The summed E-state index contributed by atoms with van der Waals surface area (Å²) in [5, 5.41) is 4.62. The normalized spacial score (nSPS) is 13.5. The molecule has 0 unspecified atom stereocenters. The second kappa shape index (κ2) is 4.47. The molecule has 98 valence electrons. The van der Waals surface area contributed by atoms with Gasteiger partial charge in [-0.05, 0) is 44.1 Å². The number of nitrogens with zero attached hydrogens (tertiary/aromatic N) is 2. The fourth-order valence-corrected chi connectivity index (χ4v) is 2.16. The van der Waals surface area contributed by atoms with E-state index in [9.17, 15) is 0 Å². The minimum absolute atomic E-state index is 0.0632. The molecule has 0 spiro atoms. The molecule has 1 heterocycles. The number of hydrogen-bond acceptors (Lipinski definition) is 1. The largest absolute Gasteiger partial charge is 0.264 e. The van der Waals surface area contributed by atoms with Crippen molar-refractivity contribution in [3.05, 3.63) is 17.5 Å². The summed E-state index contributed by atoms with van der Waals surface area (Å²) in [4.78, 5) is 0. The van der Waals surface area contributed by atoms with Gasteiger partial charge in [-0.25, -0.2) is 0 Å². The maximum absolute atomic E-state index is 4.62. The highest BCUT2D eigenvalue weighted by molar-refractivity contribution is 5.27. The van der Waals surface area contributed by atoms with Crippen LogP contribution >= 0.6 is 0 Å². The minimum atomic E-state index is 0.0632. The molecule has 0 saturated carbocycles. The van der Waals surface area contributed by atoms with Crippen LogP contribution in [0.15, 0.2) is 6.20 Å². The molecule has 0 aliphatic heterocycles. The number of rotatable bonds is 2. The van der Waals surface area contributed by atoms with E-state index >= 15 is 0 Å². The van der Waals surface area contributed by atoms with Crippen LogP contribution in [0.1, 0.15) is 66.6 Å². The van der Waals surface area contributed by atoms with Gasteiger partial charge in [-0.3, -0.25) is 4.68 Å². The zero-order chi connectivity index (χ0) is 13.4. The van der Waals surface area contributed by atoms with Crippen LogP contribution in [-0.4, -0.2) is 9.78 Å². The molecular weight excluding hydrogens is 208 g/mol. The first-order valence-corrected chi connectivity index (χ1v) is 6.61. The third-order valence-electron chi connectivity index (χ3n) is 2.91. The van der Waals surface area contributed by atoms with Gasteiger partial charge in [0.25, 0.3) is 0 Å². The van der Waals surface area contributed by atoms with Crippen molar-refractivity contribution < 1.29 is 0 Å². The van der Waals surface area contributed by atoms with Crippen molar-refractivity contribution in [2.24, 2.45) is 5.92 Å². The standard InChI is InChI=1S/C15H28N2/c1-11(2)9-13-12(14(3,4)5)10-16-17(13)15(6,7)8/h10-11H,9H2,1-8H3. The van der Waals surface area contributed by atoms with Crippen LogP contribution in [0, 0.1) is 5.92 Å². The summed E-state index contributed by atoms with van der Waals surface area (Å²) >= 11 is 0. The second-order valence-corrected chi connectivity index (χ2v) is 7.44. The van der Waals surface area contributed by atoms with Gasteiger partial charge >= 0.3 is 0 Å². The van der Waals surface area contributed by atoms with E-state index < -0.39 is 0 Å². The van der Waals surface area contributed by atoms with E-state index in [0.29, 0.717) is 5.92 Å². The summed E-state index contributed by atoms with van der Waals surface area (Å²) in [6.45, 7) is 18.0. The van der Waals surface area contributed by atoms with Crippen LogP contribution in [0.5, 0.6) is 0 Å². The molecule has 17 heavy (non-hydrogen) atoms. The van der Waals surface area contributed by atoms with E-state index in [4.69, 9.17) is 0 Å². The van der Waals surface area contributed by atoms with Crippen LogP contribution in [0.2, 0.25) is 0 Å². The van der Waals surface area contributed by atoms with Crippen LogP contribution in [0.3, 0.4) is 0 Å². The lowest BCUT2D eigenvalue weighted by atomic mass is 9.85. The Balaban J connectivity index is 3.30. The number of hydrogen-bond donors (Lipinski definition) is 0. The van der Waals surface area contributed by atoms with Crippen LogP contribution < -0.4 is 0 Å². The molecule has 0 bridgehead atoms. The molecule has 2 nitrogen and oxygen atoms in total. The van der Waals surface area contributed by atoms with Crippen molar-refractivity contribution in [1.82, 2.24) is 9.78 Å². The van der Waals surface area contributed by atoms with Gasteiger partial charge in [-0.2, -0.15) is 5.10 Å². The SMILES string of the molecule is CC(C)Cc1c(C(C)(C)C)cnn1C(C)(C)C. The van der Waals surface area contributed by atoms with Crippen molar-refractivity contribution >= 4 is 0 Å². The van der Waals surface area contributed by atoms with E-state index in [0.717, 1.165) is 6.42 Å². The average molecular weight is 236 g/mol. The van der Waals surface area contributed by atoms with Crippen molar-refractivity contribution in [3.8, 4) is 0 Å². The fourth-order valence-electron chi connectivity index (χ4n) is 2.16.